The van der Waals surface area contributed by atoms with Crippen LogP contribution in [0.3, 0.4) is 0 Å². The Morgan fingerprint density at radius 3 is 2.25 bits per heavy atom. The van der Waals surface area contributed by atoms with E-state index < -0.39 is 38.3 Å². The molecular weight excluding hydrogens is 311 g/mol. The first-order valence-electron chi connectivity index (χ1n) is 4.82. The van der Waals surface area contributed by atoms with Crippen LogP contribution in [-0.2, 0) is 21.4 Å². The number of hydrogen-bond acceptors (Lipinski definition) is 3. The van der Waals surface area contributed by atoms with Crippen LogP contribution in [0.25, 0.3) is 0 Å². The van der Waals surface area contributed by atoms with E-state index >= 15 is 0 Å². The Morgan fingerprint density at radius 2 is 1.85 bits per heavy atom. The summed E-state index contributed by atoms with van der Waals surface area (Å²) < 4.78 is 82.6. The molecule has 0 unspecified atom stereocenters. The Morgan fingerprint density at radius 1 is 1.30 bits per heavy atom. The summed E-state index contributed by atoms with van der Waals surface area (Å²) in [6, 6.07) is 1.46. The summed E-state index contributed by atoms with van der Waals surface area (Å²) in [6.45, 7) is 1.02. The fourth-order valence-electron chi connectivity index (χ4n) is 1.31. The van der Waals surface area contributed by atoms with E-state index in [0.717, 1.165) is 13.0 Å². The molecule has 0 aliphatic carbocycles. The SMILES string of the molecule is CC(=O)Nc1ccc(N(F)S(=O)(=O)F)c(C(F)(F)F)c1. The molecule has 0 saturated heterocycles. The van der Waals surface area contributed by atoms with Crippen LogP contribution in [0.15, 0.2) is 18.2 Å². The summed E-state index contributed by atoms with van der Waals surface area (Å²) in [5.74, 6) is -0.693. The smallest absolute Gasteiger partial charge is 0.326 e. The van der Waals surface area contributed by atoms with Crippen molar-refractivity contribution in [2.75, 3.05) is 9.84 Å². The van der Waals surface area contributed by atoms with E-state index in [4.69, 9.17) is 0 Å². The average Bonchev–Trinajstić information content (AvgIpc) is 2.24. The van der Waals surface area contributed by atoms with Gasteiger partial charge in [-0.1, -0.05) is 12.9 Å². The summed E-state index contributed by atoms with van der Waals surface area (Å²) in [7, 11) is -6.00. The Hall–Kier alpha value is -1.91. The summed E-state index contributed by atoms with van der Waals surface area (Å²) in [6.07, 6.45) is -5.15. The topological polar surface area (TPSA) is 66.5 Å². The molecule has 0 saturated carbocycles. The third kappa shape index (κ3) is 3.79. The summed E-state index contributed by atoms with van der Waals surface area (Å²) in [5, 5.41) is 2.00. The van der Waals surface area contributed by atoms with Crippen LogP contribution in [0.5, 0.6) is 0 Å². The molecule has 0 fully saturated rings. The molecule has 1 aromatic rings. The van der Waals surface area contributed by atoms with Gasteiger partial charge in [0.2, 0.25) is 5.91 Å². The molecule has 112 valence electrons. The zero-order chi connectivity index (χ0) is 15.7. The van der Waals surface area contributed by atoms with Crippen molar-refractivity contribution < 1.29 is 34.8 Å². The zero-order valence-corrected chi connectivity index (χ0v) is 10.5. The molecule has 1 amide bonds. The quantitative estimate of drug-likeness (QED) is 0.529. The van der Waals surface area contributed by atoms with Gasteiger partial charge in [-0.05, 0) is 18.2 Å². The number of anilines is 2. The van der Waals surface area contributed by atoms with Crippen LogP contribution in [0.4, 0.5) is 32.9 Å². The number of carbonyl (C=O) groups is 1. The molecule has 1 rings (SSSR count). The van der Waals surface area contributed by atoms with Gasteiger partial charge in [0, 0.05) is 12.6 Å². The number of benzene rings is 1. The lowest BCUT2D eigenvalue weighted by atomic mass is 10.1. The number of nitrogens with zero attached hydrogens (tertiary/aromatic N) is 1. The maximum atomic E-state index is 13.1. The summed E-state index contributed by atoms with van der Waals surface area (Å²) in [5.41, 5.74) is -3.65. The molecular formula is C9H7F5N2O3S. The third-order valence-corrected chi connectivity index (χ3v) is 2.58. The normalized spacial score (nSPS) is 12.1. The van der Waals surface area contributed by atoms with Crippen molar-refractivity contribution in [2.24, 2.45) is 0 Å². The largest absolute Gasteiger partial charge is 0.426 e. The van der Waals surface area contributed by atoms with Crippen LogP contribution in [0, 0.1) is 0 Å². The predicted molar refractivity (Wildman–Crippen MR) is 59.4 cm³/mol. The van der Waals surface area contributed by atoms with Crippen LogP contribution < -0.4 is 9.84 Å². The number of amides is 1. The number of rotatable bonds is 3. The van der Waals surface area contributed by atoms with Crippen LogP contribution >= 0.6 is 0 Å². The Balaban J connectivity index is 3.42. The predicted octanol–water partition coefficient (Wildman–Crippen LogP) is 2.57. The molecule has 0 aromatic heterocycles. The van der Waals surface area contributed by atoms with Crippen LogP contribution in [0.2, 0.25) is 0 Å². The highest BCUT2D eigenvalue weighted by molar-refractivity contribution is 7.87. The summed E-state index contributed by atoms with van der Waals surface area (Å²) >= 11 is 0. The lowest BCUT2D eigenvalue weighted by molar-refractivity contribution is -0.137. The van der Waals surface area contributed by atoms with E-state index in [2.05, 4.69) is 0 Å². The van der Waals surface area contributed by atoms with E-state index in [-0.39, 0.29) is 11.8 Å². The number of carbonyl (C=O) groups excluding carboxylic acids is 1. The summed E-state index contributed by atoms with van der Waals surface area (Å²) in [4.78, 5) is 10.7. The van der Waals surface area contributed by atoms with Gasteiger partial charge in [-0.3, -0.25) is 4.79 Å². The molecule has 0 radical (unpaired) electrons. The molecule has 0 bridgehead atoms. The molecule has 0 aliphatic rings. The van der Waals surface area contributed by atoms with E-state index in [1.807, 2.05) is 5.32 Å². The minimum atomic E-state index is -6.00. The van der Waals surface area contributed by atoms with Gasteiger partial charge in [-0.2, -0.15) is 21.6 Å². The van der Waals surface area contributed by atoms with Gasteiger partial charge >= 0.3 is 16.6 Å². The van der Waals surface area contributed by atoms with E-state index in [9.17, 15) is 34.8 Å². The monoisotopic (exact) mass is 318 g/mol. The number of hydrogen-bond donors (Lipinski definition) is 1. The molecule has 0 heterocycles. The number of nitrogens with one attached hydrogen (secondary N) is 1. The van der Waals surface area contributed by atoms with Gasteiger partial charge < -0.3 is 5.32 Å². The molecule has 0 atom stereocenters. The molecule has 20 heavy (non-hydrogen) atoms. The molecule has 0 spiro atoms. The van der Waals surface area contributed by atoms with Crippen LogP contribution in [0.1, 0.15) is 12.5 Å². The van der Waals surface area contributed by atoms with Gasteiger partial charge in [0.05, 0.1) is 5.56 Å². The van der Waals surface area contributed by atoms with Crippen molar-refractivity contribution in [3.8, 4) is 0 Å². The molecule has 11 heteroatoms. The first kappa shape index (κ1) is 16.1. The molecule has 1 aromatic carbocycles. The van der Waals surface area contributed by atoms with Crippen molar-refractivity contribution in [3.05, 3.63) is 23.8 Å². The highest BCUT2D eigenvalue weighted by Crippen LogP contribution is 2.39. The van der Waals surface area contributed by atoms with Gasteiger partial charge in [0.1, 0.15) is 5.69 Å². The maximum Gasteiger partial charge on any atom is 0.426 e. The average molecular weight is 318 g/mol. The van der Waals surface area contributed by atoms with Crippen molar-refractivity contribution >= 4 is 27.7 Å². The van der Waals surface area contributed by atoms with Gasteiger partial charge in [-0.15, -0.1) is 0 Å². The Labute approximate surface area is 110 Å². The van der Waals surface area contributed by atoms with Crippen molar-refractivity contribution in [2.45, 2.75) is 13.1 Å². The number of alkyl halides is 3. The lowest BCUT2D eigenvalue weighted by Crippen LogP contribution is -2.21. The molecule has 0 aliphatic heterocycles. The minimum Gasteiger partial charge on any atom is -0.326 e. The molecule has 1 N–H and O–H groups in total. The second-order valence-corrected chi connectivity index (χ2v) is 4.71. The zero-order valence-electron chi connectivity index (χ0n) is 9.70. The van der Waals surface area contributed by atoms with Gasteiger partial charge in [0.25, 0.3) is 0 Å². The van der Waals surface area contributed by atoms with Crippen molar-refractivity contribution in [1.29, 1.82) is 0 Å². The minimum absolute atomic E-state index is 0.286. The Kier molecular flexibility index (Phi) is 4.22. The van der Waals surface area contributed by atoms with E-state index in [1.54, 1.807) is 0 Å². The fourth-order valence-corrected chi connectivity index (χ4v) is 1.71. The highest BCUT2D eigenvalue weighted by atomic mass is 32.3. The molecule has 5 nitrogen and oxygen atoms in total. The highest BCUT2D eigenvalue weighted by Gasteiger charge is 2.38. The van der Waals surface area contributed by atoms with Crippen molar-refractivity contribution in [3.63, 3.8) is 0 Å². The standard InChI is InChI=1S/C9H7F5N2O3S/c1-5(17)15-6-2-3-8(16(13)20(14,18)19)7(4-6)9(10,11)12/h2-4H,1H3,(H,15,17). The Bertz CT molecular complexity index is 629. The van der Waals surface area contributed by atoms with Crippen LogP contribution in [-0.4, -0.2) is 14.3 Å². The first-order chi connectivity index (χ1) is 8.93. The number of halogens is 5. The second-order valence-electron chi connectivity index (χ2n) is 3.57. The first-order valence-corrected chi connectivity index (χ1v) is 6.16. The van der Waals surface area contributed by atoms with Gasteiger partial charge in [0.15, 0.2) is 0 Å². The second kappa shape index (κ2) is 5.23. The van der Waals surface area contributed by atoms with Gasteiger partial charge in [-0.25, -0.2) is 0 Å². The third-order valence-electron chi connectivity index (χ3n) is 2.00. The fraction of sp³-hybridized carbons (Fsp3) is 0.222. The van der Waals surface area contributed by atoms with Crippen molar-refractivity contribution in [1.82, 2.24) is 0 Å². The maximum absolute atomic E-state index is 13.1. The lowest BCUT2D eigenvalue weighted by Gasteiger charge is -2.17. The van der Waals surface area contributed by atoms with E-state index in [1.165, 1.54) is 0 Å². The van der Waals surface area contributed by atoms with E-state index in [0.29, 0.717) is 6.07 Å².